The monoisotopic (exact) mass is 373 g/mol. The number of hydrogen-bond donors (Lipinski definition) is 2. The molecule has 0 heterocycles. The summed E-state index contributed by atoms with van der Waals surface area (Å²) in [6.07, 6.45) is 0. The lowest BCUT2D eigenvalue weighted by Crippen LogP contribution is -2.13. The molecule has 120 valence electrons. The average Bonchev–Trinajstić information content (AvgIpc) is 2.52. The van der Waals surface area contributed by atoms with E-state index in [2.05, 4.69) is 10.1 Å². The third kappa shape index (κ3) is 3.69. The molecule has 2 aromatic carbocycles. The second kappa shape index (κ2) is 7.08. The van der Waals surface area contributed by atoms with Crippen LogP contribution in [0.4, 0.5) is 5.69 Å². The van der Waals surface area contributed by atoms with Crippen LogP contribution in [0.3, 0.4) is 0 Å². The predicted octanol–water partition coefficient (Wildman–Crippen LogP) is 4.39. The van der Waals surface area contributed by atoms with E-state index < -0.39 is 11.9 Å². The number of carbonyl (C=O) groups is 2. The largest absolute Gasteiger partial charge is 0.506 e. The summed E-state index contributed by atoms with van der Waals surface area (Å²) in [5, 5.41) is 12.6. The van der Waals surface area contributed by atoms with Gasteiger partial charge in [0.2, 0.25) is 0 Å². The first-order valence-corrected chi connectivity index (χ1v) is 7.34. The van der Waals surface area contributed by atoms with Gasteiger partial charge in [0.1, 0.15) is 5.75 Å². The van der Waals surface area contributed by atoms with Crippen molar-refractivity contribution in [3.05, 3.63) is 56.5 Å². The standard InChI is InChI=1S/C15H10Cl3NO4/c1-23-15(22)7-2-5-10(11(20)6-7)19-14(21)12-8(16)3-4-9(17)13(12)18/h2-6,20H,1H3,(H,19,21). The van der Waals surface area contributed by atoms with E-state index in [0.717, 1.165) is 0 Å². The van der Waals surface area contributed by atoms with Crippen molar-refractivity contribution >= 4 is 52.4 Å². The number of phenols is 1. The molecule has 0 aromatic heterocycles. The number of hydrogen-bond acceptors (Lipinski definition) is 4. The molecule has 2 aromatic rings. The van der Waals surface area contributed by atoms with Gasteiger partial charge in [-0.25, -0.2) is 4.79 Å². The van der Waals surface area contributed by atoms with Crippen molar-refractivity contribution in [3.8, 4) is 5.75 Å². The van der Waals surface area contributed by atoms with E-state index in [1.807, 2.05) is 0 Å². The number of nitrogens with one attached hydrogen (secondary N) is 1. The highest BCUT2D eigenvalue weighted by atomic mass is 35.5. The van der Waals surface area contributed by atoms with Crippen molar-refractivity contribution < 1.29 is 19.4 Å². The van der Waals surface area contributed by atoms with E-state index in [9.17, 15) is 14.7 Å². The third-order valence-corrected chi connectivity index (χ3v) is 4.06. The van der Waals surface area contributed by atoms with Crippen LogP contribution in [0.25, 0.3) is 0 Å². The molecular weight excluding hydrogens is 365 g/mol. The minimum Gasteiger partial charge on any atom is -0.506 e. The number of phenolic OH excluding ortho intramolecular Hbond substituents is 1. The van der Waals surface area contributed by atoms with Crippen LogP contribution >= 0.6 is 34.8 Å². The van der Waals surface area contributed by atoms with Gasteiger partial charge in [-0.15, -0.1) is 0 Å². The summed E-state index contributed by atoms with van der Waals surface area (Å²) in [7, 11) is 1.22. The number of aromatic hydroxyl groups is 1. The Labute approximate surface area is 146 Å². The lowest BCUT2D eigenvalue weighted by atomic mass is 10.1. The lowest BCUT2D eigenvalue weighted by Gasteiger charge is -2.11. The summed E-state index contributed by atoms with van der Waals surface area (Å²) >= 11 is 17.8. The maximum absolute atomic E-state index is 12.3. The van der Waals surface area contributed by atoms with Gasteiger partial charge in [-0.3, -0.25) is 4.79 Å². The zero-order valence-electron chi connectivity index (χ0n) is 11.7. The number of benzene rings is 2. The topological polar surface area (TPSA) is 75.6 Å². The van der Waals surface area contributed by atoms with Gasteiger partial charge in [0.15, 0.2) is 0 Å². The van der Waals surface area contributed by atoms with Crippen molar-refractivity contribution in [2.75, 3.05) is 12.4 Å². The molecule has 0 saturated carbocycles. The molecule has 0 aliphatic rings. The molecule has 0 spiro atoms. The fraction of sp³-hybridized carbons (Fsp3) is 0.0667. The maximum atomic E-state index is 12.3. The van der Waals surface area contributed by atoms with Gasteiger partial charge in [-0.05, 0) is 30.3 Å². The van der Waals surface area contributed by atoms with Crippen LogP contribution in [0.15, 0.2) is 30.3 Å². The molecule has 0 aliphatic carbocycles. The molecule has 23 heavy (non-hydrogen) atoms. The zero-order chi connectivity index (χ0) is 17.1. The fourth-order valence-electron chi connectivity index (χ4n) is 1.80. The highest BCUT2D eigenvalue weighted by Gasteiger charge is 2.19. The van der Waals surface area contributed by atoms with Crippen molar-refractivity contribution in [1.82, 2.24) is 0 Å². The van der Waals surface area contributed by atoms with Gasteiger partial charge in [0.05, 0.1) is 39.0 Å². The van der Waals surface area contributed by atoms with Gasteiger partial charge in [-0.2, -0.15) is 0 Å². The van der Waals surface area contributed by atoms with Crippen LogP contribution in [0.1, 0.15) is 20.7 Å². The number of amides is 1. The Morgan fingerprint density at radius 1 is 1.09 bits per heavy atom. The maximum Gasteiger partial charge on any atom is 0.337 e. The predicted molar refractivity (Wildman–Crippen MR) is 88.9 cm³/mol. The minimum atomic E-state index is -0.649. The van der Waals surface area contributed by atoms with Gasteiger partial charge in [0, 0.05) is 0 Å². The molecule has 0 fully saturated rings. The van der Waals surface area contributed by atoms with E-state index in [1.165, 1.54) is 37.4 Å². The third-order valence-electron chi connectivity index (χ3n) is 2.94. The first-order valence-electron chi connectivity index (χ1n) is 6.21. The van der Waals surface area contributed by atoms with Crippen LogP contribution < -0.4 is 5.32 Å². The second-order valence-corrected chi connectivity index (χ2v) is 5.59. The molecule has 0 atom stereocenters. The van der Waals surface area contributed by atoms with Gasteiger partial charge < -0.3 is 15.2 Å². The van der Waals surface area contributed by atoms with E-state index >= 15 is 0 Å². The van der Waals surface area contributed by atoms with Crippen LogP contribution in [-0.4, -0.2) is 24.1 Å². The summed E-state index contributed by atoms with van der Waals surface area (Å²) in [6.45, 7) is 0. The quantitative estimate of drug-likeness (QED) is 0.474. The molecule has 5 nitrogen and oxygen atoms in total. The Hall–Kier alpha value is -1.95. The number of ether oxygens (including phenoxy) is 1. The Bertz CT molecular complexity index is 793. The Morgan fingerprint density at radius 3 is 2.35 bits per heavy atom. The second-order valence-electron chi connectivity index (χ2n) is 4.40. The molecule has 0 aliphatic heterocycles. The van der Waals surface area contributed by atoms with Gasteiger partial charge >= 0.3 is 5.97 Å². The lowest BCUT2D eigenvalue weighted by molar-refractivity contribution is 0.0600. The Morgan fingerprint density at radius 2 is 1.74 bits per heavy atom. The molecule has 0 radical (unpaired) electrons. The van der Waals surface area contributed by atoms with E-state index in [0.29, 0.717) is 0 Å². The summed E-state index contributed by atoms with van der Waals surface area (Å²) in [5.41, 5.74) is 0.203. The van der Waals surface area contributed by atoms with Crippen LogP contribution in [0, 0.1) is 0 Å². The summed E-state index contributed by atoms with van der Waals surface area (Å²) in [6, 6.07) is 6.81. The number of rotatable bonds is 3. The number of methoxy groups -OCH3 is 1. The fourth-order valence-corrected chi connectivity index (χ4v) is 2.50. The number of anilines is 1. The number of carbonyl (C=O) groups excluding carboxylic acids is 2. The minimum absolute atomic E-state index is 0.00216. The molecule has 2 N–H and O–H groups in total. The summed E-state index contributed by atoms with van der Waals surface area (Å²) in [5.74, 6) is -1.57. The Balaban J connectivity index is 2.31. The van der Waals surface area contributed by atoms with Crippen molar-refractivity contribution in [3.63, 3.8) is 0 Å². The average molecular weight is 375 g/mol. The molecule has 1 amide bonds. The van der Waals surface area contributed by atoms with E-state index in [1.54, 1.807) is 0 Å². The van der Waals surface area contributed by atoms with Crippen molar-refractivity contribution in [1.29, 1.82) is 0 Å². The molecule has 0 saturated heterocycles. The highest BCUT2D eigenvalue weighted by Crippen LogP contribution is 2.33. The number of esters is 1. The summed E-state index contributed by atoms with van der Waals surface area (Å²) < 4.78 is 4.54. The normalized spacial score (nSPS) is 10.3. The molecule has 0 unspecified atom stereocenters. The molecule has 8 heteroatoms. The molecule has 0 bridgehead atoms. The highest BCUT2D eigenvalue weighted by molar-refractivity contribution is 6.46. The van der Waals surface area contributed by atoms with Crippen molar-refractivity contribution in [2.24, 2.45) is 0 Å². The van der Waals surface area contributed by atoms with Crippen LogP contribution in [0.2, 0.25) is 15.1 Å². The van der Waals surface area contributed by atoms with Crippen LogP contribution in [-0.2, 0) is 4.74 Å². The van der Waals surface area contributed by atoms with Gasteiger partial charge in [-0.1, -0.05) is 34.8 Å². The smallest absolute Gasteiger partial charge is 0.337 e. The SMILES string of the molecule is COC(=O)c1ccc(NC(=O)c2c(Cl)ccc(Cl)c2Cl)c(O)c1. The van der Waals surface area contributed by atoms with Crippen LogP contribution in [0.5, 0.6) is 5.75 Å². The molecular formula is C15H10Cl3NO4. The zero-order valence-corrected chi connectivity index (χ0v) is 14.0. The summed E-state index contributed by atoms with van der Waals surface area (Å²) in [4.78, 5) is 23.7. The van der Waals surface area contributed by atoms with E-state index in [4.69, 9.17) is 34.8 Å². The Kier molecular flexibility index (Phi) is 5.36. The van der Waals surface area contributed by atoms with Gasteiger partial charge in [0.25, 0.3) is 5.91 Å². The molecule has 2 rings (SSSR count). The number of halogens is 3. The first kappa shape index (κ1) is 17.4. The van der Waals surface area contributed by atoms with E-state index in [-0.39, 0.29) is 37.6 Å². The first-order chi connectivity index (χ1) is 10.8. The van der Waals surface area contributed by atoms with Crippen molar-refractivity contribution in [2.45, 2.75) is 0 Å².